The number of rotatable bonds is 8. The number of nitrogens with one attached hydrogen (secondary N) is 1. The van der Waals surface area contributed by atoms with Gasteiger partial charge in [-0.05, 0) is 42.7 Å². The number of ether oxygens (including phenoxy) is 1. The van der Waals surface area contributed by atoms with Crippen LogP contribution in [0.4, 0.5) is 10.5 Å². The molecule has 2 amide bonds. The molecule has 0 atom stereocenters. The molecule has 160 valence electrons. The molecule has 0 radical (unpaired) electrons. The summed E-state index contributed by atoms with van der Waals surface area (Å²) in [6, 6.07) is 26.8. The lowest BCUT2D eigenvalue weighted by atomic mass is 9.88. The van der Waals surface area contributed by atoms with Gasteiger partial charge in [-0.3, -0.25) is 0 Å². The van der Waals surface area contributed by atoms with Crippen LogP contribution in [0.1, 0.15) is 40.7 Å². The zero-order valence-corrected chi connectivity index (χ0v) is 18.3. The molecule has 0 spiro atoms. The third-order valence-corrected chi connectivity index (χ3v) is 5.32. The van der Waals surface area contributed by atoms with Gasteiger partial charge >= 0.3 is 12.0 Å². The Bertz CT molecular complexity index is 956. The summed E-state index contributed by atoms with van der Waals surface area (Å²) < 4.78 is 6.21. The maximum absolute atomic E-state index is 12.6. The van der Waals surface area contributed by atoms with Crippen LogP contribution in [0.25, 0.3) is 0 Å². The van der Waals surface area contributed by atoms with Crippen LogP contribution >= 0.6 is 12.8 Å². The van der Waals surface area contributed by atoms with E-state index in [9.17, 15) is 9.59 Å². The van der Waals surface area contributed by atoms with Crippen molar-refractivity contribution in [3.63, 3.8) is 0 Å². The van der Waals surface area contributed by atoms with E-state index in [1.54, 1.807) is 31.2 Å². The molecule has 3 rings (SSSR count). The molecular formula is C25H26N2O3S. The van der Waals surface area contributed by atoms with E-state index in [-0.39, 0.29) is 18.6 Å². The molecule has 3 aromatic rings. The standard InChI is InChI=1S/C25H26N2O3S/c1-2-30-24(28)21-14-9-15-22(18-21)27(31)25(29)26-17-16-23(19-10-5-3-6-11-19)20-12-7-4-8-13-20/h3-15,18,23,31H,2,16-17H2,1H3,(H,26,29). The average molecular weight is 435 g/mol. The Hall–Kier alpha value is -3.25. The number of esters is 1. The van der Waals surface area contributed by atoms with Gasteiger partial charge in [0, 0.05) is 12.5 Å². The fourth-order valence-electron chi connectivity index (χ4n) is 3.39. The minimum absolute atomic E-state index is 0.170. The lowest BCUT2D eigenvalue weighted by molar-refractivity contribution is 0.0526. The molecule has 0 saturated heterocycles. The van der Waals surface area contributed by atoms with Crippen LogP contribution in [-0.4, -0.2) is 25.2 Å². The fourth-order valence-corrected chi connectivity index (χ4v) is 3.59. The normalized spacial score (nSPS) is 10.5. The molecular weight excluding hydrogens is 408 g/mol. The molecule has 0 aromatic heterocycles. The lowest BCUT2D eigenvalue weighted by Gasteiger charge is -2.20. The van der Waals surface area contributed by atoms with Crippen molar-refractivity contribution in [1.29, 1.82) is 0 Å². The number of thiol groups is 1. The van der Waals surface area contributed by atoms with Crippen molar-refractivity contribution in [2.75, 3.05) is 17.5 Å². The summed E-state index contributed by atoms with van der Waals surface area (Å²) in [7, 11) is 0. The van der Waals surface area contributed by atoms with Gasteiger partial charge in [-0.2, -0.15) is 0 Å². The van der Waals surface area contributed by atoms with E-state index < -0.39 is 5.97 Å². The van der Waals surface area contributed by atoms with Gasteiger partial charge in [-0.25, -0.2) is 13.9 Å². The zero-order valence-electron chi connectivity index (χ0n) is 17.4. The Kier molecular flexibility index (Phi) is 8.12. The van der Waals surface area contributed by atoms with Crippen LogP contribution in [0.15, 0.2) is 84.9 Å². The second-order valence-electron chi connectivity index (χ2n) is 6.98. The van der Waals surface area contributed by atoms with Crippen molar-refractivity contribution in [2.45, 2.75) is 19.3 Å². The van der Waals surface area contributed by atoms with E-state index in [1.807, 2.05) is 36.4 Å². The maximum atomic E-state index is 12.6. The molecule has 0 aliphatic carbocycles. The van der Waals surface area contributed by atoms with Crippen LogP contribution in [0.2, 0.25) is 0 Å². The first-order valence-electron chi connectivity index (χ1n) is 10.2. The van der Waals surface area contributed by atoms with E-state index >= 15 is 0 Å². The summed E-state index contributed by atoms with van der Waals surface area (Å²) in [4.78, 5) is 24.6. The van der Waals surface area contributed by atoms with Crippen molar-refractivity contribution >= 4 is 30.5 Å². The van der Waals surface area contributed by atoms with E-state index in [2.05, 4.69) is 42.4 Å². The van der Waals surface area contributed by atoms with E-state index in [4.69, 9.17) is 4.74 Å². The number of hydrogen-bond donors (Lipinski definition) is 2. The second-order valence-corrected chi connectivity index (χ2v) is 7.38. The number of benzene rings is 3. The molecule has 1 N–H and O–H groups in total. The fraction of sp³-hybridized carbons (Fsp3) is 0.200. The second kappa shape index (κ2) is 11.2. The lowest BCUT2D eigenvalue weighted by Crippen LogP contribution is -2.35. The van der Waals surface area contributed by atoms with Crippen LogP contribution in [0.5, 0.6) is 0 Å². The highest BCUT2D eigenvalue weighted by atomic mass is 32.1. The highest BCUT2D eigenvalue weighted by molar-refractivity contribution is 7.82. The number of anilines is 1. The number of amides is 2. The van der Waals surface area contributed by atoms with Gasteiger partial charge in [0.05, 0.1) is 17.9 Å². The van der Waals surface area contributed by atoms with Crippen molar-refractivity contribution < 1.29 is 14.3 Å². The number of nitrogens with zero attached hydrogens (tertiary/aromatic N) is 1. The summed E-state index contributed by atoms with van der Waals surface area (Å²) >= 11 is 4.32. The monoisotopic (exact) mass is 434 g/mol. The van der Waals surface area contributed by atoms with Gasteiger partial charge in [0.1, 0.15) is 0 Å². The van der Waals surface area contributed by atoms with Gasteiger partial charge in [0.25, 0.3) is 0 Å². The van der Waals surface area contributed by atoms with Gasteiger partial charge in [0.2, 0.25) is 0 Å². The molecule has 0 aliphatic rings. The predicted octanol–water partition coefficient (Wildman–Crippen LogP) is 5.45. The van der Waals surface area contributed by atoms with Gasteiger partial charge in [0.15, 0.2) is 0 Å². The molecule has 0 aliphatic heterocycles. The highest BCUT2D eigenvalue weighted by Gasteiger charge is 2.17. The van der Waals surface area contributed by atoms with Crippen molar-refractivity contribution in [3.8, 4) is 0 Å². The maximum Gasteiger partial charge on any atom is 0.338 e. The first-order valence-corrected chi connectivity index (χ1v) is 10.6. The Morgan fingerprint density at radius 1 is 0.935 bits per heavy atom. The summed E-state index contributed by atoms with van der Waals surface area (Å²) in [6.45, 7) is 2.51. The molecule has 0 unspecified atom stereocenters. The third-order valence-electron chi connectivity index (χ3n) is 4.91. The van der Waals surface area contributed by atoms with E-state index in [0.29, 0.717) is 17.8 Å². The summed E-state index contributed by atoms with van der Waals surface area (Å²) in [5, 5.41) is 2.92. The minimum atomic E-state index is -0.431. The quantitative estimate of drug-likeness (QED) is 0.366. The summed E-state index contributed by atoms with van der Waals surface area (Å²) in [5.41, 5.74) is 3.27. The van der Waals surface area contributed by atoms with E-state index in [1.165, 1.54) is 15.4 Å². The van der Waals surface area contributed by atoms with Crippen molar-refractivity contribution in [2.24, 2.45) is 0 Å². The Balaban J connectivity index is 1.64. The minimum Gasteiger partial charge on any atom is -0.462 e. The molecule has 31 heavy (non-hydrogen) atoms. The molecule has 5 nitrogen and oxygen atoms in total. The van der Waals surface area contributed by atoms with Gasteiger partial charge in [-0.1, -0.05) is 79.5 Å². The highest BCUT2D eigenvalue weighted by Crippen LogP contribution is 2.27. The van der Waals surface area contributed by atoms with Crippen LogP contribution in [-0.2, 0) is 4.74 Å². The average Bonchev–Trinajstić information content (AvgIpc) is 2.82. The third kappa shape index (κ3) is 6.12. The first kappa shape index (κ1) is 22.4. The Morgan fingerprint density at radius 3 is 2.13 bits per heavy atom. The van der Waals surface area contributed by atoms with Crippen LogP contribution < -0.4 is 9.62 Å². The SMILES string of the molecule is CCOC(=O)c1cccc(N(S)C(=O)NCCC(c2ccccc2)c2ccccc2)c1. The number of urea groups is 1. The summed E-state index contributed by atoms with van der Waals surface area (Å²) in [5.74, 6) is -0.261. The van der Waals surface area contributed by atoms with Crippen molar-refractivity contribution in [1.82, 2.24) is 5.32 Å². The topological polar surface area (TPSA) is 58.6 Å². The largest absolute Gasteiger partial charge is 0.462 e. The molecule has 3 aromatic carbocycles. The molecule has 0 heterocycles. The van der Waals surface area contributed by atoms with Crippen LogP contribution in [0, 0.1) is 0 Å². The molecule has 0 fully saturated rings. The smallest absolute Gasteiger partial charge is 0.338 e. The Labute approximate surface area is 188 Å². The summed E-state index contributed by atoms with van der Waals surface area (Å²) in [6.07, 6.45) is 0.740. The number of carbonyl (C=O) groups is 2. The molecule has 0 saturated carbocycles. The molecule has 0 bridgehead atoms. The van der Waals surface area contributed by atoms with Gasteiger partial charge in [-0.15, -0.1) is 0 Å². The van der Waals surface area contributed by atoms with Crippen LogP contribution in [0.3, 0.4) is 0 Å². The number of carbonyl (C=O) groups excluding carboxylic acids is 2. The number of hydrogen-bond acceptors (Lipinski definition) is 4. The predicted molar refractivity (Wildman–Crippen MR) is 127 cm³/mol. The van der Waals surface area contributed by atoms with Crippen molar-refractivity contribution in [3.05, 3.63) is 102 Å². The Morgan fingerprint density at radius 2 is 1.55 bits per heavy atom. The van der Waals surface area contributed by atoms with E-state index in [0.717, 1.165) is 6.42 Å². The first-order chi connectivity index (χ1) is 15.1. The molecule has 6 heteroatoms. The zero-order chi connectivity index (χ0) is 22.1. The van der Waals surface area contributed by atoms with Gasteiger partial charge < -0.3 is 10.1 Å².